The summed E-state index contributed by atoms with van der Waals surface area (Å²) in [5.41, 5.74) is -0.101. The molecule has 4 heteroatoms. The Morgan fingerprint density at radius 3 is 2.75 bits per heavy atom. The van der Waals surface area contributed by atoms with Crippen LogP contribution in [-0.2, 0) is 10.2 Å². The smallest absolute Gasteiger partial charge is 0.0744 e. The molecule has 12 heavy (non-hydrogen) atoms. The summed E-state index contributed by atoms with van der Waals surface area (Å²) in [6.45, 7) is 1.48. The van der Waals surface area contributed by atoms with E-state index in [1.54, 1.807) is 11.3 Å². The predicted octanol–water partition coefficient (Wildman–Crippen LogP) is 1.77. The van der Waals surface area contributed by atoms with Gasteiger partial charge in [0.05, 0.1) is 25.2 Å². The Balaban J connectivity index is 2.27. The average Bonchev–Trinajstić information content (AvgIpc) is 2.35. The van der Waals surface area contributed by atoms with Crippen molar-refractivity contribution < 1.29 is 9.84 Å². The molecule has 1 aliphatic heterocycles. The number of ether oxygens (including phenoxy) is 1. The monoisotopic (exact) mass is 248 g/mol. The van der Waals surface area contributed by atoms with Crippen molar-refractivity contribution in [3.63, 3.8) is 0 Å². The molecule has 2 heterocycles. The van der Waals surface area contributed by atoms with Crippen LogP contribution >= 0.6 is 27.3 Å². The Morgan fingerprint density at radius 2 is 2.42 bits per heavy atom. The zero-order valence-corrected chi connectivity index (χ0v) is 8.82. The quantitative estimate of drug-likeness (QED) is 0.865. The van der Waals surface area contributed by atoms with E-state index in [-0.39, 0.29) is 12.0 Å². The zero-order valence-electron chi connectivity index (χ0n) is 6.42. The Kier molecular flexibility index (Phi) is 2.25. The fraction of sp³-hybridized carbons (Fsp3) is 0.500. The van der Waals surface area contributed by atoms with E-state index in [1.165, 1.54) is 4.88 Å². The fourth-order valence-electron chi connectivity index (χ4n) is 1.25. The van der Waals surface area contributed by atoms with E-state index in [1.807, 2.05) is 5.38 Å². The van der Waals surface area contributed by atoms with E-state index < -0.39 is 0 Å². The maximum absolute atomic E-state index is 9.21. The fourth-order valence-corrected chi connectivity index (χ4v) is 2.85. The van der Waals surface area contributed by atoms with Crippen LogP contribution in [0.4, 0.5) is 0 Å². The molecule has 0 amide bonds. The number of hydrogen-bond acceptors (Lipinski definition) is 3. The van der Waals surface area contributed by atoms with Gasteiger partial charge in [-0.25, -0.2) is 0 Å². The highest BCUT2D eigenvalue weighted by atomic mass is 79.9. The van der Waals surface area contributed by atoms with Gasteiger partial charge in [0.1, 0.15) is 0 Å². The molecule has 1 fully saturated rings. The van der Waals surface area contributed by atoms with Crippen molar-refractivity contribution in [2.24, 2.45) is 0 Å². The normalized spacial score (nSPS) is 20.5. The van der Waals surface area contributed by atoms with E-state index in [9.17, 15) is 5.11 Å². The lowest BCUT2D eigenvalue weighted by molar-refractivity contribution is -0.0823. The third-order valence-corrected chi connectivity index (χ3v) is 4.09. The van der Waals surface area contributed by atoms with E-state index in [0.717, 1.165) is 4.47 Å². The maximum atomic E-state index is 9.21. The second-order valence-electron chi connectivity index (χ2n) is 3.06. The summed E-state index contributed by atoms with van der Waals surface area (Å²) in [4.78, 5) is 1.21. The molecule has 0 aromatic carbocycles. The van der Waals surface area contributed by atoms with E-state index >= 15 is 0 Å². The van der Waals surface area contributed by atoms with Crippen LogP contribution in [0.1, 0.15) is 4.88 Å². The molecule has 0 aliphatic carbocycles. The van der Waals surface area contributed by atoms with Crippen molar-refractivity contribution in [1.29, 1.82) is 0 Å². The van der Waals surface area contributed by atoms with Crippen molar-refractivity contribution in [2.75, 3.05) is 19.8 Å². The van der Waals surface area contributed by atoms with Gasteiger partial charge in [-0.15, -0.1) is 11.3 Å². The van der Waals surface area contributed by atoms with Crippen molar-refractivity contribution in [1.82, 2.24) is 0 Å². The maximum Gasteiger partial charge on any atom is 0.0744 e. The topological polar surface area (TPSA) is 29.5 Å². The number of aliphatic hydroxyl groups is 1. The van der Waals surface area contributed by atoms with Crippen LogP contribution in [0.3, 0.4) is 0 Å². The summed E-state index contributed by atoms with van der Waals surface area (Å²) in [6.07, 6.45) is 0. The number of halogens is 1. The molecule has 1 aromatic rings. The highest BCUT2D eigenvalue weighted by Gasteiger charge is 2.40. The minimum atomic E-state index is -0.101. The Bertz CT molecular complexity index is 275. The highest BCUT2D eigenvalue weighted by molar-refractivity contribution is 9.10. The van der Waals surface area contributed by atoms with Gasteiger partial charge in [0, 0.05) is 14.7 Å². The first-order chi connectivity index (χ1) is 5.77. The van der Waals surface area contributed by atoms with Crippen molar-refractivity contribution >= 4 is 27.3 Å². The second kappa shape index (κ2) is 3.10. The van der Waals surface area contributed by atoms with Crippen LogP contribution in [-0.4, -0.2) is 24.9 Å². The summed E-state index contributed by atoms with van der Waals surface area (Å²) in [5, 5.41) is 11.2. The molecule has 2 nitrogen and oxygen atoms in total. The molecular weight excluding hydrogens is 240 g/mol. The highest BCUT2D eigenvalue weighted by Crippen LogP contribution is 2.37. The van der Waals surface area contributed by atoms with Crippen molar-refractivity contribution in [3.05, 3.63) is 20.8 Å². The lowest BCUT2D eigenvalue weighted by Gasteiger charge is -2.38. The summed E-state index contributed by atoms with van der Waals surface area (Å²) < 4.78 is 6.21. The van der Waals surface area contributed by atoms with Crippen molar-refractivity contribution in [2.45, 2.75) is 5.41 Å². The largest absolute Gasteiger partial charge is 0.395 e. The molecule has 0 bridgehead atoms. The first kappa shape index (κ1) is 8.69. The van der Waals surface area contributed by atoms with Crippen LogP contribution < -0.4 is 0 Å². The summed E-state index contributed by atoms with van der Waals surface area (Å²) >= 11 is 5.07. The molecular formula is C8H9BrO2S. The molecule has 0 atom stereocenters. The average molecular weight is 249 g/mol. The lowest BCUT2D eigenvalue weighted by atomic mass is 9.85. The van der Waals surface area contributed by atoms with Gasteiger partial charge in [0.2, 0.25) is 0 Å². The van der Waals surface area contributed by atoms with Crippen LogP contribution in [0, 0.1) is 0 Å². The molecule has 0 spiro atoms. The van der Waals surface area contributed by atoms with Gasteiger partial charge in [0.25, 0.3) is 0 Å². The molecule has 1 aromatic heterocycles. The van der Waals surface area contributed by atoms with Crippen LogP contribution in [0.2, 0.25) is 0 Å². The Morgan fingerprint density at radius 1 is 1.67 bits per heavy atom. The standard InChI is InChI=1S/C8H9BrO2S/c9-6-1-7(12-2-6)8(3-10)4-11-5-8/h1-2,10H,3-5H2. The molecule has 1 saturated heterocycles. The van der Waals surface area contributed by atoms with Gasteiger partial charge in [-0.3, -0.25) is 0 Å². The van der Waals surface area contributed by atoms with Crippen LogP contribution in [0.5, 0.6) is 0 Å². The van der Waals surface area contributed by atoms with E-state index in [2.05, 4.69) is 22.0 Å². The molecule has 0 saturated carbocycles. The zero-order chi connectivity index (χ0) is 8.60. The number of rotatable bonds is 2. The lowest BCUT2D eigenvalue weighted by Crippen LogP contribution is -2.49. The van der Waals surface area contributed by atoms with Gasteiger partial charge in [-0.1, -0.05) is 0 Å². The van der Waals surface area contributed by atoms with Gasteiger partial charge in [-0.05, 0) is 22.0 Å². The summed E-state index contributed by atoms with van der Waals surface area (Å²) in [5.74, 6) is 0. The van der Waals surface area contributed by atoms with E-state index in [4.69, 9.17) is 4.74 Å². The molecule has 1 N–H and O–H groups in total. The minimum Gasteiger partial charge on any atom is -0.395 e. The molecule has 1 aliphatic rings. The van der Waals surface area contributed by atoms with Crippen molar-refractivity contribution in [3.8, 4) is 0 Å². The molecule has 0 radical (unpaired) electrons. The van der Waals surface area contributed by atoms with E-state index in [0.29, 0.717) is 13.2 Å². The summed E-state index contributed by atoms with van der Waals surface area (Å²) in [6, 6.07) is 2.06. The molecule has 2 rings (SSSR count). The minimum absolute atomic E-state index is 0.101. The third-order valence-electron chi connectivity index (χ3n) is 2.15. The first-order valence-corrected chi connectivity index (χ1v) is 5.37. The number of thiophene rings is 1. The van der Waals surface area contributed by atoms with Gasteiger partial charge < -0.3 is 9.84 Å². The number of hydrogen-bond donors (Lipinski definition) is 1. The predicted molar refractivity (Wildman–Crippen MR) is 51.6 cm³/mol. The van der Waals surface area contributed by atoms with Crippen LogP contribution in [0.15, 0.2) is 15.9 Å². The van der Waals surface area contributed by atoms with Crippen LogP contribution in [0.25, 0.3) is 0 Å². The van der Waals surface area contributed by atoms with Gasteiger partial charge in [0.15, 0.2) is 0 Å². The molecule has 66 valence electrons. The SMILES string of the molecule is OCC1(c2cc(Br)cs2)COC1. The van der Waals surface area contributed by atoms with Gasteiger partial charge in [-0.2, -0.15) is 0 Å². The summed E-state index contributed by atoms with van der Waals surface area (Å²) in [7, 11) is 0. The van der Waals surface area contributed by atoms with Gasteiger partial charge >= 0.3 is 0 Å². The Labute approximate surface area is 83.3 Å². The number of aliphatic hydroxyl groups excluding tert-OH is 1. The second-order valence-corrected chi connectivity index (χ2v) is 4.89. The first-order valence-electron chi connectivity index (χ1n) is 3.70. The third kappa shape index (κ3) is 1.23. The Hall–Kier alpha value is 0.1000. The molecule has 0 unspecified atom stereocenters.